The van der Waals surface area contributed by atoms with E-state index >= 15 is 0 Å². The molecule has 0 spiro atoms. The molecule has 0 aromatic heterocycles. The summed E-state index contributed by atoms with van der Waals surface area (Å²) in [4.78, 5) is 24.9. The summed E-state index contributed by atoms with van der Waals surface area (Å²) in [6, 6.07) is 11.9. The maximum absolute atomic E-state index is 12.8. The van der Waals surface area contributed by atoms with Crippen LogP contribution in [-0.4, -0.2) is 35.9 Å². The quantitative estimate of drug-likeness (QED) is 0.308. The largest absolute Gasteiger partial charge is 0.461 e. The molecule has 1 N–H and O–H groups in total. The maximum Gasteiger partial charge on any atom is 0.416 e. The van der Waals surface area contributed by atoms with Crippen molar-refractivity contribution in [2.24, 2.45) is 5.92 Å². The third-order valence-corrected chi connectivity index (χ3v) is 6.38. The summed E-state index contributed by atoms with van der Waals surface area (Å²) in [6.45, 7) is 3.26. The van der Waals surface area contributed by atoms with E-state index in [2.05, 4.69) is 0 Å². The molecule has 1 aliphatic heterocycles. The molecule has 2 aromatic carbocycles. The Labute approximate surface area is 208 Å². The van der Waals surface area contributed by atoms with Gasteiger partial charge in [-0.1, -0.05) is 63.1 Å². The molecule has 0 radical (unpaired) electrons. The van der Waals surface area contributed by atoms with E-state index in [0.29, 0.717) is 23.1 Å². The van der Waals surface area contributed by atoms with Gasteiger partial charge < -0.3 is 14.6 Å². The monoisotopic (exact) mass is 504 g/mol. The van der Waals surface area contributed by atoms with Gasteiger partial charge in [0.25, 0.3) is 0 Å². The molecule has 194 valence electrons. The summed E-state index contributed by atoms with van der Waals surface area (Å²) in [5.74, 6) is -1.17. The molecule has 1 saturated heterocycles. The lowest BCUT2D eigenvalue weighted by atomic mass is 9.96. The van der Waals surface area contributed by atoms with Crippen LogP contribution in [-0.2, 0) is 25.2 Å². The topological polar surface area (TPSA) is 72.8 Å². The van der Waals surface area contributed by atoms with Crippen LogP contribution in [0.5, 0.6) is 0 Å². The molecule has 36 heavy (non-hydrogen) atoms. The Morgan fingerprint density at radius 3 is 2.25 bits per heavy atom. The minimum absolute atomic E-state index is 0.0853. The summed E-state index contributed by atoms with van der Waals surface area (Å²) < 4.78 is 49.2. The Hall–Kier alpha value is -3.13. The molecule has 5 nitrogen and oxygen atoms in total. The highest BCUT2D eigenvalue weighted by molar-refractivity contribution is 5.96. The highest BCUT2D eigenvalue weighted by Gasteiger charge is 2.45. The molecular weight excluding hydrogens is 473 g/mol. The van der Waals surface area contributed by atoms with Gasteiger partial charge in [-0.2, -0.15) is 13.2 Å². The van der Waals surface area contributed by atoms with Crippen molar-refractivity contribution in [3.8, 4) is 11.1 Å². The number of carbonyl (C=O) groups excluding carboxylic acids is 2. The summed E-state index contributed by atoms with van der Waals surface area (Å²) in [6.07, 6.45) is 0.596. The molecule has 1 fully saturated rings. The van der Waals surface area contributed by atoms with Crippen LogP contribution in [0.4, 0.5) is 13.2 Å². The molecule has 2 aromatic rings. The molecule has 8 heteroatoms. The molecular formula is C28H31F3O5. The first kappa shape index (κ1) is 27.5. The zero-order valence-electron chi connectivity index (χ0n) is 20.4. The number of esters is 2. The summed E-state index contributed by atoms with van der Waals surface area (Å²) >= 11 is 0. The fourth-order valence-corrected chi connectivity index (χ4v) is 4.13. The normalized spacial score (nSPS) is 19.8. The number of aliphatic hydroxyl groups is 1. The van der Waals surface area contributed by atoms with Crippen molar-refractivity contribution in [3.63, 3.8) is 0 Å². The lowest BCUT2D eigenvalue weighted by Gasteiger charge is -2.25. The van der Waals surface area contributed by atoms with Crippen LogP contribution in [0.2, 0.25) is 0 Å². The second-order valence-corrected chi connectivity index (χ2v) is 9.13. The van der Waals surface area contributed by atoms with E-state index in [9.17, 15) is 27.9 Å². The van der Waals surface area contributed by atoms with Crippen molar-refractivity contribution < 1.29 is 37.3 Å². The SMILES string of the molecule is CCCCC(CC)C(=O)OCC1(CO)C/C(=C\c2ccc(-c3ccc(C(F)(F)F)cc3)cc2)C(=O)O1. The minimum atomic E-state index is -4.39. The standard InChI is InChI=1S/C28H31F3O5/c1-3-5-6-20(4-2)25(33)35-18-27(17-32)16-23(26(34)36-27)15-19-7-9-21(10-8-19)22-11-13-24(14-12-22)28(29,30)31/h7-15,20,32H,3-6,16-18H2,1-2H3/b23-15+. The van der Waals surface area contributed by atoms with Crippen molar-refractivity contribution in [1.82, 2.24) is 0 Å². The number of carbonyl (C=O) groups is 2. The second kappa shape index (κ2) is 11.7. The Morgan fingerprint density at radius 1 is 1.11 bits per heavy atom. The van der Waals surface area contributed by atoms with Gasteiger partial charge in [-0.3, -0.25) is 4.79 Å². The van der Waals surface area contributed by atoms with Gasteiger partial charge >= 0.3 is 18.1 Å². The van der Waals surface area contributed by atoms with Crippen molar-refractivity contribution in [2.45, 2.75) is 57.7 Å². The Balaban J connectivity index is 1.67. The lowest BCUT2D eigenvalue weighted by Crippen LogP contribution is -2.40. The number of ether oxygens (including phenoxy) is 2. The number of alkyl halides is 3. The fourth-order valence-electron chi connectivity index (χ4n) is 4.13. The summed E-state index contributed by atoms with van der Waals surface area (Å²) in [5.41, 5.74) is 0.353. The highest BCUT2D eigenvalue weighted by Crippen LogP contribution is 2.34. The van der Waals surface area contributed by atoms with Crippen molar-refractivity contribution in [1.29, 1.82) is 0 Å². The maximum atomic E-state index is 12.8. The summed E-state index contributed by atoms with van der Waals surface area (Å²) in [7, 11) is 0. The molecule has 2 unspecified atom stereocenters. The van der Waals surface area contributed by atoms with E-state index in [1.807, 2.05) is 13.8 Å². The number of halogens is 3. The van der Waals surface area contributed by atoms with Crippen LogP contribution in [0.3, 0.4) is 0 Å². The van der Waals surface area contributed by atoms with Crippen LogP contribution in [0.15, 0.2) is 54.1 Å². The number of benzene rings is 2. The molecule has 0 aliphatic carbocycles. The van der Waals surface area contributed by atoms with Crippen LogP contribution in [0.1, 0.15) is 57.1 Å². The molecule has 0 bridgehead atoms. The molecule has 0 saturated carbocycles. The Bertz CT molecular complexity index is 1070. The van der Waals surface area contributed by atoms with Gasteiger partial charge in [-0.05, 0) is 47.7 Å². The van der Waals surface area contributed by atoms with E-state index in [-0.39, 0.29) is 24.9 Å². The minimum Gasteiger partial charge on any atom is -0.461 e. The first-order valence-corrected chi connectivity index (χ1v) is 12.1. The first-order chi connectivity index (χ1) is 17.1. The predicted molar refractivity (Wildman–Crippen MR) is 130 cm³/mol. The van der Waals surface area contributed by atoms with E-state index in [4.69, 9.17) is 9.47 Å². The number of hydrogen-bond acceptors (Lipinski definition) is 5. The van der Waals surface area contributed by atoms with Gasteiger partial charge in [0.2, 0.25) is 0 Å². The molecule has 0 amide bonds. The van der Waals surface area contributed by atoms with Crippen molar-refractivity contribution >= 4 is 18.0 Å². The smallest absolute Gasteiger partial charge is 0.416 e. The van der Waals surface area contributed by atoms with Gasteiger partial charge in [0.15, 0.2) is 5.60 Å². The van der Waals surface area contributed by atoms with Gasteiger partial charge in [0, 0.05) is 12.0 Å². The van der Waals surface area contributed by atoms with Gasteiger partial charge in [-0.15, -0.1) is 0 Å². The van der Waals surface area contributed by atoms with E-state index in [1.54, 1.807) is 30.3 Å². The zero-order chi connectivity index (χ0) is 26.3. The van der Waals surface area contributed by atoms with Crippen molar-refractivity contribution in [3.05, 3.63) is 65.2 Å². The van der Waals surface area contributed by atoms with Crippen molar-refractivity contribution in [2.75, 3.05) is 13.2 Å². The Morgan fingerprint density at radius 2 is 1.72 bits per heavy atom. The van der Waals surface area contributed by atoms with Crippen LogP contribution in [0, 0.1) is 5.92 Å². The average molecular weight is 505 g/mol. The number of cyclic esters (lactones) is 1. The zero-order valence-corrected chi connectivity index (χ0v) is 20.4. The van der Waals surface area contributed by atoms with Gasteiger partial charge in [-0.25, -0.2) is 4.79 Å². The number of unbranched alkanes of at least 4 members (excludes halogenated alkanes) is 1. The van der Waals surface area contributed by atoms with Crippen LogP contribution < -0.4 is 0 Å². The lowest BCUT2D eigenvalue weighted by molar-refractivity contribution is -0.169. The molecule has 1 aliphatic rings. The molecule has 1 heterocycles. The number of aliphatic hydroxyl groups excluding tert-OH is 1. The van der Waals surface area contributed by atoms with E-state index in [0.717, 1.165) is 37.0 Å². The van der Waals surface area contributed by atoms with Gasteiger partial charge in [0.05, 0.1) is 18.1 Å². The van der Waals surface area contributed by atoms with E-state index < -0.39 is 29.9 Å². The van der Waals surface area contributed by atoms with Crippen LogP contribution in [0.25, 0.3) is 17.2 Å². The highest BCUT2D eigenvalue weighted by atomic mass is 19.4. The average Bonchev–Trinajstić information content (AvgIpc) is 3.18. The first-order valence-electron chi connectivity index (χ1n) is 12.1. The van der Waals surface area contributed by atoms with Gasteiger partial charge in [0.1, 0.15) is 6.61 Å². The third-order valence-electron chi connectivity index (χ3n) is 6.38. The third kappa shape index (κ3) is 6.75. The Kier molecular flexibility index (Phi) is 8.95. The summed E-state index contributed by atoms with van der Waals surface area (Å²) in [5, 5.41) is 9.93. The molecule has 2 atom stereocenters. The number of hydrogen-bond donors (Lipinski definition) is 1. The fraction of sp³-hybridized carbons (Fsp3) is 0.429. The predicted octanol–water partition coefficient (Wildman–Crippen LogP) is 6.19. The van der Waals surface area contributed by atoms with Crippen LogP contribution >= 0.6 is 0 Å². The molecule has 3 rings (SSSR count). The number of rotatable bonds is 10. The second-order valence-electron chi connectivity index (χ2n) is 9.13. The van der Waals surface area contributed by atoms with E-state index in [1.165, 1.54) is 12.1 Å².